The van der Waals surface area contributed by atoms with E-state index in [1.54, 1.807) is 26.8 Å². The van der Waals surface area contributed by atoms with Crippen molar-refractivity contribution < 1.29 is 16.8 Å². The van der Waals surface area contributed by atoms with Crippen LogP contribution >= 0.6 is 0 Å². The zero-order chi connectivity index (χ0) is 16.4. The second kappa shape index (κ2) is 6.01. The average molecular weight is 331 g/mol. The lowest BCUT2D eigenvalue weighted by atomic mass is 10.1. The van der Waals surface area contributed by atoms with E-state index in [9.17, 15) is 16.8 Å². The van der Waals surface area contributed by atoms with Crippen molar-refractivity contribution in [1.29, 1.82) is 5.26 Å². The Morgan fingerprint density at radius 1 is 1.29 bits per heavy atom. The van der Waals surface area contributed by atoms with Gasteiger partial charge in [-0.25, -0.2) is 22.0 Å². The number of aryl methyl sites for hydroxylation is 1. The van der Waals surface area contributed by atoms with E-state index in [4.69, 9.17) is 10.4 Å². The first-order chi connectivity index (χ1) is 9.52. The molecule has 0 radical (unpaired) electrons. The molecule has 0 aliphatic rings. The molecule has 116 valence electrons. The fraction of sp³-hybridized carbons (Fsp3) is 0.417. The highest BCUT2D eigenvalue weighted by Gasteiger charge is 2.25. The van der Waals surface area contributed by atoms with Crippen molar-refractivity contribution in [3.8, 4) is 6.07 Å². The van der Waals surface area contributed by atoms with Crippen LogP contribution in [0.15, 0.2) is 17.0 Å². The van der Waals surface area contributed by atoms with Gasteiger partial charge < -0.3 is 0 Å². The summed E-state index contributed by atoms with van der Waals surface area (Å²) in [7, 11) is -7.88. The molecule has 0 saturated carbocycles. The summed E-state index contributed by atoms with van der Waals surface area (Å²) in [5, 5.41) is 12.7. The third-order valence-corrected chi connectivity index (χ3v) is 5.70. The normalized spacial score (nSPS) is 13.5. The minimum Gasteiger partial charge on any atom is -0.282 e. The Balaban J connectivity index is 3.40. The lowest BCUT2D eigenvalue weighted by Gasteiger charge is -2.15. The van der Waals surface area contributed by atoms with Gasteiger partial charge >= 0.3 is 0 Å². The van der Waals surface area contributed by atoms with Gasteiger partial charge in [-0.3, -0.25) is 4.72 Å². The molecule has 1 rings (SSSR count). The maximum Gasteiger partial charge on any atom is 0.249 e. The molecule has 0 bridgehead atoms. The van der Waals surface area contributed by atoms with Crippen molar-refractivity contribution in [2.24, 2.45) is 5.14 Å². The van der Waals surface area contributed by atoms with Gasteiger partial charge in [0.05, 0.1) is 16.7 Å². The molecule has 1 unspecified atom stereocenters. The van der Waals surface area contributed by atoms with E-state index < -0.39 is 25.3 Å². The van der Waals surface area contributed by atoms with Crippen LogP contribution in [0, 0.1) is 25.2 Å². The minimum absolute atomic E-state index is 0.104. The number of nitrogens with two attached hydrogens (primary N) is 1. The molecule has 0 aromatic heterocycles. The number of sulfonamides is 2. The van der Waals surface area contributed by atoms with Crippen LogP contribution in [0.25, 0.3) is 0 Å². The SMILES string of the molecule is CCC(C#N)S(=O)(=O)Nc1cc(S(N)(=O)=O)cc(C)c1C. The molecule has 1 atom stereocenters. The van der Waals surface area contributed by atoms with Crippen LogP contribution in [-0.2, 0) is 20.0 Å². The van der Waals surface area contributed by atoms with Crippen LogP contribution in [-0.4, -0.2) is 22.1 Å². The third kappa shape index (κ3) is 3.93. The van der Waals surface area contributed by atoms with Crippen LogP contribution in [0.2, 0.25) is 0 Å². The maximum atomic E-state index is 12.1. The van der Waals surface area contributed by atoms with Gasteiger partial charge in [0.2, 0.25) is 20.0 Å². The summed E-state index contributed by atoms with van der Waals surface area (Å²) in [4.78, 5) is -0.187. The second-order valence-electron chi connectivity index (χ2n) is 4.63. The van der Waals surface area contributed by atoms with Crippen molar-refractivity contribution >= 4 is 25.7 Å². The summed E-state index contributed by atoms with van der Waals surface area (Å²) >= 11 is 0. The molecule has 0 fully saturated rings. The number of anilines is 1. The van der Waals surface area contributed by atoms with Crippen molar-refractivity contribution in [3.63, 3.8) is 0 Å². The topological polar surface area (TPSA) is 130 Å². The first-order valence-corrected chi connectivity index (χ1v) is 9.17. The van der Waals surface area contributed by atoms with Gasteiger partial charge in [-0.05, 0) is 43.5 Å². The number of rotatable bonds is 5. The van der Waals surface area contributed by atoms with E-state index in [0.29, 0.717) is 11.1 Å². The predicted octanol–water partition coefficient (Wildman–Crippen LogP) is 0.995. The summed E-state index contributed by atoms with van der Waals surface area (Å²) in [5.41, 5.74) is 1.25. The Hall–Kier alpha value is -1.63. The first-order valence-electron chi connectivity index (χ1n) is 6.08. The first kappa shape index (κ1) is 17.4. The van der Waals surface area contributed by atoms with Crippen LogP contribution in [0.5, 0.6) is 0 Å². The second-order valence-corrected chi connectivity index (χ2v) is 8.06. The largest absolute Gasteiger partial charge is 0.282 e. The van der Waals surface area contributed by atoms with Crippen molar-refractivity contribution in [2.75, 3.05) is 4.72 Å². The quantitative estimate of drug-likeness (QED) is 0.831. The van der Waals surface area contributed by atoms with Crippen LogP contribution in [0.1, 0.15) is 24.5 Å². The zero-order valence-electron chi connectivity index (χ0n) is 11.9. The van der Waals surface area contributed by atoms with E-state index in [1.807, 2.05) is 0 Å². The third-order valence-electron chi connectivity index (χ3n) is 3.11. The molecule has 0 heterocycles. The monoisotopic (exact) mass is 331 g/mol. The smallest absolute Gasteiger partial charge is 0.249 e. The zero-order valence-corrected chi connectivity index (χ0v) is 13.5. The van der Waals surface area contributed by atoms with Crippen LogP contribution in [0.3, 0.4) is 0 Å². The molecule has 9 heteroatoms. The Morgan fingerprint density at radius 3 is 2.29 bits per heavy atom. The fourth-order valence-electron chi connectivity index (χ4n) is 1.70. The fourth-order valence-corrected chi connectivity index (χ4v) is 3.56. The van der Waals surface area contributed by atoms with Crippen molar-refractivity contribution in [3.05, 3.63) is 23.3 Å². The number of nitriles is 1. The molecule has 7 nitrogen and oxygen atoms in total. The molecule has 1 aromatic carbocycles. The standard InChI is InChI=1S/C12H17N3O4S2/c1-4-10(7-13)21(18,19)15-12-6-11(20(14,16)17)5-8(2)9(12)3/h5-6,10,15H,4H2,1-3H3,(H2,14,16,17). The van der Waals surface area contributed by atoms with Crippen molar-refractivity contribution in [1.82, 2.24) is 0 Å². The minimum atomic E-state index is -3.95. The lowest BCUT2D eigenvalue weighted by Crippen LogP contribution is -2.26. The van der Waals surface area contributed by atoms with Gasteiger partial charge in [-0.15, -0.1) is 0 Å². The Kier molecular flexibility index (Phi) is 4.99. The molecule has 0 aliphatic carbocycles. The Morgan fingerprint density at radius 2 is 1.86 bits per heavy atom. The van der Waals surface area contributed by atoms with Gasteiger partial charge in [0.15, 0.2) is 5.25 Å². The number of primary sulfonamides is 1. The highest BCUT2D eigenvalue weighted by molar-refractivity contribution is 7.93. The molecular weight excluding hydrogens is 314 g/mol. The number of benzene rings is 1. The summed E-state index contributed by atoms with van der Waals surface area (Å²) in [6.45, 7) is 4.86. The molecular formula is C12H17N3O4S2. The highest BCUT2D eigenvalue weighted by atomic mass is 32.2. The van der Waals surface area contributed by atoms with E-state index in [1.165, 1.54) is 6.07 Å². The predicted molar refractivity (Wildman–Crippen MR) is 79.5 cm³/mol. The van der Waals surface area contributed by atoms with Crippen LogP contribution < -0.4 is 9.86 Å². The number of nitrogens with zero attached hydrogens (tertiary/aromatic N) is 1. The van der Waals surface area contributed by atoms with E-state index >= 15 is 0 Å². The molecule has 0 aliphatic heterocycles. The van der Waals surface area contributed by atoms with Gasteiger partial charge in [0.25, 0.3) is 0 Å². The molecule has 0 spiro atoms. The Bertz CT molecular complexity index is 793. The number of hydrogen-bond donors (Lipinski definition) is 2. The van der Waals surface area contributed by atoms with Gasteiger partial charge in [-0.1, -0.05) is 6.92 Å². The van der Waals surface area contributed by atoms with E-state index in [0.717, 1.165) is 6.07 Å². The molecule has 1 aromatic rings. The Labute approximate surface area is 124 Å². The maximum absolute atomic E-state index is 12.1. The highest BCUT2D eigenvalue weighted by Crippen LogP contribution is 2.25. The summed E-state index contributed by atoms with van der Waals surface area (Å²) in [6.07, 6.45) is 0.124. The molecule has 0 saturated heterocycles. The molecule has 21 heavy (non-hydrogen) atoms. The van der Waals surface area contributed by atoms with Crippen molar-refractivity contribution in [2.45, 2.75) is 37.3 Å². The van der Waals surface area contributed by atoms with E-state index in [2.05, 4.69) is 4.72 Å². The van der Waals surface area contributed by atoms with E-state index in [-0.39, 0.29) is 17.0 Å². The summed E-state index contributed by atoms with van der Waals surface area (Å²) < 4.78 is 49.2. The van der Waals surface area contributed by atoms with Gasteiger partial charge in [0.1, 0.15) is 0 Å². The summed E-state index contributed by atoms with van der Waals surface area (Å²) in [5.74, 6) is 0. The lowest BCUT2D eigenvalue weighted by molar-refractivity contribution is 0.591. The summed E-state index contributed by atoms with van der Waals surface area (Å²) in [6, 6.07) is 4.22. The van der Waals surface area contributed by atoms with Gasteiger partial charge in [0, 0.05) is 0 Å². The number of hydrogen-bond acceptors (Lipinski definition) is 5. The van der Waals surface area contributed by atoms with Crippen LogP contribution in [0.4, 0.5) is 5.69 Å². The average Bonchev–Trinajstić information content (AvgIpc) is 2.34. The molecule has 0 amide bonds. The van der Waals surface area contributed by atoms with Gasteiger partial charge in [-0.2, -0.15) is 5.26 Å². The number of nitrogens with one attached hydrogen (secondary N) is 1. The molecule has 3 N–H and O–H groups in total.